The lowest BCUT2D eigenvalue weighted by Crippen LogP contribution is -2.19. The molecule has 1 aliphatic heterocycles. The van der Waals surface area contributed by atoms with Gasteiger partial charge in [-0.25, -0.2) is 10.2 Å². The average Bonchev–Trinajstić information content (AvgIpc) is 3.22. The molecular weight excluding hydrogens is 506 g/mol. The van der Waals surface area contributed by atoms with Crippen molar-refractivity contribution in [1.29, 1.82) is 0 Å². The molecule has 152 valence electrons. The second-order valence-electron chi connectivity index (χ2n) is 6.44. The molecule has 0 aliphatic carbocycles. The first-order chi connectivity index (χ1) is 13.9. The molecule has 0 saturated carbocycles. The first-order valence-corrected chi connectivity index (χ1v) is 10.5. The SMILES string of the molecule is O=C(O)COc1c(Br)cc(/C=N\NC(=O)c2ccc(N3CCCC3)cc2)cc1Br. The number of nitrogens with zero attached hydrogens (tertiary/aromatic N) is 2. The summed E-state index contributed by atoms with van der Waals surface area (Å²) in [4.78, 5) is 25.2. The van der Waals surface area contributed by atoms with Gasteiger partial charge in [0.05, 0.1) is 15.2 Å². The van der Waals surface area contributed by atoms with Gasteiger partial charge >= 0.3 is 5.97 Å². The molecule has 1 fully saturated rings. The summed E-state index contributed by atoms with van der Waals surface area (Å²) in [7, 11) is 0. The van der Waals surface area contributed by atoms with Crippen LogP contribution in [0.15, 0.2) is 50.4 Å². The van der Waals surface area contributed by atoms with E-state index in [0.717, 1.165) is 18.8 Å². The number of carbonyl (C=O) groups excluding carboxylic acids is 1. The maximum absolute atomic E-state index is 12.3. The van der Waals surface area contributed by atoms with Crippen molar-refractivity contribution in [3.05, 3.63) is 56.5 Å². The number of aliphatic carboxylic acids is 1. The molecule has 1 aliphatic rings. The molecule has 2 aromatic rings. The van der Waals surface area contributed by atoms with Gasteiger partial charge < -0.3 is 14.7 Å². The quantitative estimate of drug-likeness (QED) is 0.421. The van der Waals surface area contributed by atoms with Crippen molar-refractivity contribution in [2.75, 3.05) is 24.6 Å². The Morgan fingerprint density at radius 3 is 2.34 bits per heavy atom. The number of hydrazone groups is 1. The topological polar surface area (TPSA) is 91.2 Å². The van der Waals surface area contributed by atoms with Gasteiger partial charge in [0.2, 0.25) is 0 Å². The minimum Gasteiger partial charge on any atom is -0.480 e. The summed E-state index contributed by atoms with van der Waals surface area (Å²) >= 11 is 6.68. The van der Waals surface area contributed by atoms with Crippen LogP contribution < -0.4 is 15.1 Å². The lowest BCUT2D eigenvalue weighted by Gasteiger charge is -2.17. The van der Waals surface area contributed by atoms with E-state index in [1.807, 2.05) is 12.1 Å². The Hall–Kier alpha value is -2.39. The number of benzene rings is 2. The van der Waals surface area contributed by atoms with E-state index in [4.69, 9.17) is 9.84 Å². The van der Waals surface area contributed by atoms with Gasteiger partial charge in [-0.05, 0) is 86.7 Å². The molecule has 1 amide bonds. The van der Waals surface area contributed by atoms with Crippen molar-refractivity contribution in [3.8, 4) is 5.75 Å². The Balaban J connectivity index is 1.60. The Morgan fingerprint density at radius 2 is 1.76 bits per heavy atom. The second kappa shape index (κ2) is 9.89. The third kappa shape index (κ3) is 5.80. The van der Waals surface area contributed by atoms with E-state index < -0.39 is 12.6 Å². The normalized spacial score (nSPS) is 13.7. The number of carbonyl (C=O) groups is 2. The first-order valence-electron chi connectivity index (χ1n) is 8.96. The van der Waals surface area contributed by atoms with Gasteiger partial charge in [-0.1, -0.05) is 0 Å². The van der Waals surface area contributed by atoms with Gasteiger partial charge in [0.15, 0.2) is 6.61 Å². The highest BCUT2D eigenvalue weighted by molar-refractivity contribution is 9.11. The molecular formula is C20H19Br2N3O4. The van der Waals surface area contributed by atoms with Crippen LogP contribution in [-0.4, -0.2) is 42.9 Å². The van der Waals surface area contributed by atoms with Gasteiger partial charge in [-0.3, -0.25) is 4.79 Å². The van der Waals surface area contributed by atoms with Crippen molar-refractivity contribution in [2.45, 2.75) is 12.8 Å². The fourth-order valence-corrected chi connectivity index (χ4v) is 4.41. The van der Waals surface area contributed by atoms with Gasteiger partial charge in [0, 0.05) is 24.3 Å². The highest BCUT2D eigenvalue weighted by Gasteiger charge is 2.13. The molecule has 0 aromatic heterocycles. The van der Waals surface area contributed by atoms with E-state index in [-0.39, 0.29) is 5.91 Å². The molecule has 0 radical (unpaired) electrons. The zero-order valence-corrected chi connectivity index (χ0v) is 18.6. The minimum absolute atomic E-state index is 0.297. The van der Waals surface area contributed by atoms with Gasteiger partial charge in [0.1, 0.15) is 5.75 Å². The van der Waals surface area contributed by atoms with E-state index in [0.29, 0.717) is 25.8 Å². The van der Waals surface area contributed by atoms with Crippen LogP contribution in [0.25, 0.3) is 0 Å². The van der Waals surface area contributed by atoms with Gasteiger partial charge in [0.25, 0.3) is 5.91 Å². The maximum atomic E-state index is 12.3. The summed E-state index contributed by atoms with van der Waals surface area (Å²) in [6.07, 6.45) is 3.90. The second-order valence-corrected chi connectivity index (χ2v) is 8.14. The summed E-state index contributed by atoms with van der Waals surface area (Å²) in [6.45, 7) is 1.67. The number of carboxylic acid groups (broad SMARTS) is 1. The van der Waals surface area contributed by atoms with Crippen LogP contribution in [0.3, 0.4) is 0 Å². The zero-order chi connectivity index (χ0) is 20.8. The monoisotopic (exact) mass is 523 g/mol. The van der Waals surface area contributed by atoms with E-state index in [1.165, 1.54) is 19.1 Å². The third-order valence-electron chi connectivity index (χ3n) is 4.34. The van der Waals surface area contributed by atoms with Crippen LogP contribution in [0.4, 0.5) is 5.69 Å². The highest BCUT2D eigenvalue weighted by atomic mass is 79.9. The molecule has 0 spiro atoms. The fourth-order valence-electron chi connectivity index (χ4n) is 2.95. The fraction of sp³-hybridized carbons (Fsp3) is 0.250. The summed E-state index contributed by atoms with van der Waals surface area (Å²) < 4.78 is 6.36. The largest absolute Gasteiger partial charge is 0.480 e. The standard InChI is InChI=1S/C20H19Br2N3O4/c21-16-9-13(10-17(22)19(16)29-12-18(26)27)11-23-24-20(28)14-3-5-15(6-4-14)25-7-1-2-8-25/h3-6,9-11H,1-2,7-8,12H2,(H,24,28)(H,26,27)/b23-11-. The Labute approximate surface area is 185 Å². The van der Waals surface area contributed by atoms with Crippen molar-refractivity contribution >= 4 is 55.6 Å². The molecule has 29 heavy (non-hydrogen) atoms. The molecule has 1 heterocycles. The van der Waals surface area contributed by atoms with Crippen molar-refractivity contribution in [1.82, 2.24) is 5.43 Å². The average molecular weight is 525 g/mol. The van der Waals surface area contributed by atoms with Crippen LogP contribution in [0, 0.1) is 0 Å². The minimum atomic E-state index is -1.06. The van der Waals surface area contributed by atoms with Crippen molar-refractivity contribution < 1.29 is 19.4 Å². The number of ether oxygens (including phenoxy) is 1. The van der Waals surface area contributed by atoms with Crippen LogP contribution in [-0.2, 0) is 4.79 Å². The summed E-state index contributed by atoms with van der Waals surface area (Å²) in [5.41, 5.74) is 4.86. The third-order valence-corrected chi connectivity index (χ3v) is 5.52. The number of carboxylic acids is 1. The molecule has 1 saturated heterocycles. The number of rotatable bonds is 7. The zero-order valence-electron chi connectivity index (χ0n) is 15.4. The highest BCUT2D eigenvalue weighted by Crippen LogP contribution is 2.34. The van der Waals surface area contributed by atoms with Crippen molar-refractivity contribution in [2.24, 2.45) is 5.10 Å². The van der Waals surface area contributed by atoms with Gasteiger partial charge in [-0.15, -0.1) is 0 Å². The summed E-state index contributed by atoms with van der Waals surface area (Å²) in [5, 5.41) is 12.7. The predicted molar refractivity (Wildman–Crippen MR) is 118 cm³/mol. The Bertz CT molecular complexity index is 903. The summed E-state index contributed by atoms with van der Waals surface area (Å²) in [6, 6.07) is 10.9. The number of amides is 1. The molecule has 7 nitrogen and oxygen atoms in total. The van der Waals surface area contributed by atoms with Crippen LogP contribution >= 0.6 is 31.9 Å². The van der Waals surface area contributed by atoms with Crippen LogP contribution in [0.1, 0.15) is 28.8 Å². The molecule has 9 heteroatoms. The van der Waals surface area contributed by atoms with Gasteiger partial charge in [-0.2, -0.15) is 5.10 Å². The molecule has 0 unspecified atom stereocenters. The molecule has 2 aromatic carbocycles. The lowest BCUT2D eigenvalue weighted by molar-refractivity contribution is -0.139. The van der Waals surface area contributed by atoms with Crippen LogP contribution in [0.2, 0.25) is 0 Å². The van der Waals surface area contributed by atoms with E-state index in [9.17, 15) is 9.59 Å². The number of halogens is 2. The number of nitrogens with one attached hydrogen (secondary N) is 1. The molecule has 2 N–H and O–H groups in total. The molecule has 0 atom stereocenters. The van der Waals surface area contributed by atoms with Crippen molar-refractivity contribution in [3.63, 3.8) is 0 Å². The maximum Gasteiger partial charge on any atom is 0.341 e. The molecule has 0 bridgehead atoms. The van der Waals surface area contributed by atoms with E-state index >= 15 is 0 Å². The Morgan fingerprint density at radius 1 is 1.14 bits per heavy atom. The first kappa shape index (κ1) is 21.3. The number of anilines is 1. The summed E-state index contributed by atoms with van der Waals surface area (Å²) in [5.74, 6) is -0.981. The number of hydrogen-bond donors (Lipinski definition) is 2. The molecule has 3 rings (SSSR count). The van der Waals surface area contributed by atoms with E-state index in [1.54, 1.807) is 24.3 Å². The Kier molecular flexibility index (Phi) is 7.27. The number of hydrogen-bond acceptors (Lipinski definition) is 5. The smallest absolute Gasteiger partial charge is 0.341 e. The van der Waals surface area contributed by atoms with E-state index in [2.05, 4.69) is 47.3 Å². The van der Waals surface area contributed by atoms with Crippen LogP contribution in [0.5, 0.6) is 5.75 Å². The lowest BCUT2D eigenvalue weighted by atomic mass is 10.2. The predicted octanol–water partition coefficient (Wildman–Crippen LogP) is 4.04.